The van der Waals surface area contributed by atoms with E-state index in [0.717, 1.165) is 12.5 Å². The van der Waals surface area contributed by atoms with Crippen LogP contribution in [-0.2, 0) is 4.74 Å². The molecule has 0 aromatic heterocycles. The number of hydrogen-bond donors (Lipinski definition) is 1. The number of nitrogens with zero attached hydrogens (tertiary/aromatic N) is 1. The topological polar surface area (TPSA) is 38.5 Å². The first-order chi connectivity index (χ1) is 7.20. The van der Waals surface area contributed by atoms with Crippen molar-refractivity contribution >= 4 is 0 Å². The molecule has 2 rings (SSSR count). The van der Waals surface area contributed by atoms with Gasteiger partial charge in [-0.15, -0.1) is 0 Å². The van der Waals surface area contributed by atoms with E-state index in [-0.39, 0.29) is 0 Å². The van der Waals surface area contributed by atoms with Crippen molar-refractivity contribution in [2.75, 3.05) is 26.7 Å². The third-order valence-corrected chi connectivity index (χ3v) is 4.28. The van der Waals surface area contributed by atoms with Crippen LogP contribution in [0.4, 0.5) is 0 Å². The summed E-state index contributed by atoms with van der Waals surface area (Å²) in [6.45, 7) is 5.50. The van der Waals surface area contributed by atoms with Gasteiger partial charge in [-0.2, -0.15) is 0 Å². The molecule has 0 spiro atoms. The van der Waals surface area contributed by atoms with Gasteiger partial charge in [-0.05, 0) is 31.6 Å². The summed E-state index contributed by atoms with van der Waals surface area (Å²) >= 11 is 0. The second-order valence-electron chi connectivity index (χ2n) is 5.36. The van der Waals surface area contributed by atoms with Gasteiger partial charge in [-0.25, -0.2) is 0 Å². The van der Waals surface area contributed by atoms with Gasteiger partial charge in [0.2, 0.25) is 0 Å². The Morgan fingerprint density at radius 1 is 1.33 bits per heavy atom. The summed E-state index contributed by atoms with van der Waals surface area (Å²) in [5.74, 6) is 0.869. The summed E-state index contributed by atoms with van der Waals surface area (Å²) in [5.41, 5.74) is 6.30. The van der Waals surface area contributed by atoms with Gasteiger partial charge in [0, 0.05) is 32.3 Å². The summed E-state index contributed by atoms with van der Waals surface area (Å²) in [7, 11) is 1.82. The summed E-state index contributed by atoms with van der Waals surface area (Å²) in [4.78, 5) is 2.61. The van der Waals surface area contributed by atoms with Crippen LogP contribution < -0.4 is 5.73 Å². The number of ether oxygens (including phenoxy) is 1. The largest absolute Gasteiger partial charge is 0.381 e. The maximum Gasteiger partial charge on any atom is 0.0595 e. The van der Waals surface area contributed by atoms with E-state index in [9.17, 15) is 0 Å². The molecule has 1 heterocycles. The summed E-state index contributed by atoms with van der Waals surface area (Å²) in [6, 6.07) is 0. The molecule has 1 aliphatic heterocycles. The van der Waals surface area contributed by atoms with Gasteiger partial charge in [0.15, 0.2) is 0 Å². The second kappa shape index (κ2) is 4.40. The minimum absolute atomic E-state index is 0.345. The normalized spacial score (nSPS) is 39.0. The lowest BCUT2D eigenvalue weighted by Crippen LogP contribution is -2.63. The first-order valence-electron chi connectivity index (χ1n) is 6.18. The Bertz CT molecular complexity index is 206. The average Bonchev–Trinajstić information content (AvgIpc) is 2.25. The van der Waals surface area contributed by atoms with Gasteiger partial charge >= 0.3 is 0 Å². The quantitative estimate of drug-likeness (QED) is 0.764. The molecule has 0 amide bonds. The van der Waals surface area contributed by atoms with Gasteiger partial charge in [0.05, 0.1) is 6.10 Å². The lowest BCUT2D eigenvalue weighted by Gasteiger charge is -2.55. The van der Waals surface area contributed by atoms with Crippen molar-refractivity contribution in [2.24, 2.45) is 11.7 Å². The van der Waals surface area contributed by atoms with Crippen molar-refractivity contribution in [3.05, 3.63) is 0 Å². The average molecular weight is 212 g/mol. The SMILES string of the molecule is COC1CCN(C2(CN)CC(C)C2)CC1. The van der Waals surface area contributed by atoms with Crippen LogP contribution in [0.2, 0.25) is 0 Å². The minimum atomic E-state index is 0.345. The lowest BCUT2D eigenvalue weighted by atomic mass is 9.67. The predicted octanol–water partition coefficient (Wildman–Crippen LogP) is 1.22. The van der Waals surface area contributed by atoms with E-state index in [1.807, 2.05) is 7.11 Å². The van der Waals surface area contributed by atoms with Crippen LogP contribution in [0, 0.1) is 5.92 Å². The zero-order chi connectivity index (χ0) is 10.9. The molecule has 0 aromatic rings. The molecule has 1 saturated heterocycles. The van der Waals surface area contributed by atoms with E-state index >= 15 is 0 Å². The molecule has 3 nitrogen and oxygen atoms in total. The van der Waals surface area contributed by atoms with Crippen molar-refractivity contribution in [3.8, 4) is 0 Å². The molecule has 15 heavy (non-hydrogen) atoms. The van der Waals surface area contributed by atoms with E-state index in [0.29, 0.717) is 11.6 Å². The fraction of sp³-hybridized carbons (Fsp3) is 1.00. The van der Waals surface area contributed by atoms with Crippen LogP contribution in [0.3, 0.4) is 0 Å². The highest BCUT2D eigenvalue weighted by Crippen LogP contribution is 2.42. The third-order valence-electron chi connectivity index (χ3n) is 4.28. The smallest absolute Gasteiger partial charge is 0.0595 e. The fourth-order valence-corrected chi connectivity index (χ4v) is 3.36. The fourth-order valence-electron chi connectivity index (χ4n) is 3.36. The first-order valence-corrected chi connectivity index (χ1v) is 6.18. The highest BCUT2D eigenvalue weighted by Gasteiger charge is 2.46. The van der Waals surface area contributed by atoms with Crippen LogP contribution in [-0.4, -0.2) is 43.3 Å². The molecule has 2 N–H and O–H groups in total. The maximum absolute atomic E-state index is 5.96. The molecule has 0 aromatic carbocycles. The van der Waals surface area contributed by atoms with Gasteiger partial charge in [-0.1, -0.05) is 6.92 Å². The Morgan fingerprint density at radius 3 is 2.33 bits per heavy atom. The molecule has 0 unspecified atom stereocenters. The summed E-state index contributed by atoms with van der Waals surface area (Å²) in [6.07, 6.45) is 5.41. The lowest BCUT2D eigenvalue weighted by molar-refractivity contribution is -0.0538. The molecule has 0 radical (unpaired) electrons. The molecule has 2 fully saturated rings. The van der Waals surface area contributed by atoms with Crippen molar-refractivity contribution < 1.29 is 4.74 Å². The van der Waals surface area contributed by atoms with Crippen LogP contribution in [0.1, 0.15) is 32.6 Å². The van der Waals surface area contributed by atoms with Crippen LogP contribution in [0.15, 0.2) is 0 Å². The highest BCUT2D eigenvalue weighted by atomic mass is 16.5. The van der Waals surface area contributed by atoms with Gasteiger partial charge < -0.3 is 10.5 Å². The summed E-state index contributed by atoms with van der Waals surface area (Å²) in [5, 5.41) is 0. The maximum atomic E-state index is 5.96. The van der Waals surface area contributed by atoms with E-state index in [2.05, 4.69) is 11.8 Å². The molecule has 1 aliphatic carbocycles. The molecule has 0 atom stereocenters. The monoisotopic (exact) mass is 212 g/mol. The zero-order valence-corrected chi connectivity index (χ0v) is 10.0. The number of rotatable bonds is 3. The van der Waals surface area contributed by atoms with Crippen LogP contribution >= 0.6 is 0 Å². The minimum Gasteiger partial charge on any atom is -0.381 e. The van der Waals surface area contributed by atoms with E-state index in [1.165, 1.54) is 38.8 Å². The summed E-state index contributed by atoms with van der Waals surface area (Å²) < 4.78 is 5.40. The number of piperidine rings is 1. The number of methoxy groups -OCH3 is 1. The van der Waals surface area contributed by atoms with E-state index < -0.39 is 0 Å². The Morgan fingerprint density at radius 2 is 1.93 bits per heavy atom. The predicted molar refractivity (Wildman–Crippen MR) is 61.8 cm³/mol. The first kappa shape index (κ1) is 11.4. The van der Waals surface area contributed by atoms with E-state index in [4.69, 9.17) is 10.5 Å². The van der Waals surface area contributed by atoms with E-state index in [1.54, 1.807) is 0 Å². The highest BCUT2D eigenvalue weighted by molar-refractivity contribution is 5.03. The standard InChI is InChI=1S/C12H24N2O/c1-10-7-12(8-10,9-13)14-5-3-11(15-2)4-6-14/h10-11H,3-9,13H2,1-2H3. The second-order valence-corrected chi connectivity index (χ2v) is 5.36. The molecule has 0 bridgehead atoms. The number of nitrogens with two attached hydrogens (primary N) is 1. The van der Waals surface area contributed by atoms with Crippen LogP contribution in [0.25, 0.3) is 0 Å². The molecular weight excluding hydrogens is 188 g/mol. The van der Waals surface area contributed by atoms with Crippen molar-refractivity contribution in [1.29, 1.82) is 0 Å². The van der Waals surface area contributed by atoms with Gasteiger partial charge in [0.25, 0.3) is 0 Å². The Labute approximate surface area is 93.0 Å². The zero-order valence-electron chi connectivity index (χ0n) is 10.0. The van der Waals surface area contributed by atoms with Crippen molar-refractivity contribution in [2.45, 2.75) is 44.2 Å². The molecule has 2 aliphatic rings. The van der Waals surface area contributed by atoms with Crippen molar-refractivity contribution in [1.82, 2.24) is 4.90 Å². The third kappa shape index (κ3) is 2.05. The molecular formula is C12H24N2O. The Kier molecular flexibility index (Phi) is 3.33. The van der Waals surface area contributed by atoms with Crippen molar-refractivity contribution in [3.63, 3.8) is 0 Å². The number of hydrogen-bond acceptors (Lipinski definition) is 3. The van der Waals surface area contributed by atoms with Gasteiger partial charge in [-0.3, -0.25) is 4.90 Å². The molecule has 88 valence electrons. The Balaban J connectivity index is 1.89. The van der Waals surface area contributed by atoms with Crippen LogP contribution in [0.5, 0.6) is 0 Å². The molecule has 3 heteroatoms. The van der Waals surface area contributed by atoms with Gasteiger partial charge in [0.1, 0.15) is 0 Å². The Hall–Kier alpha value is -0.120. The number of likely N-dealkylation sites (tertiary alicyclic amines) is 1. The molecule has 1 saturated carbocycles.